The Bertz CT molecular complexity index is 1020. The second-order valence-corrected chi connectivity index (χ2v) is 9.45. The van der Waals surface area contributed by atoms with Crippen molar-refractivity contribution in [3.63, 3.8) is 0 Å². The maximum atomic E-state index is 12.8. The first-order chi connectivity index (χ1) is 16.2. The molecule has 0 radical (unpaired) electrons. The average Bonchev–Trinajstić information content (AvgIpc) is 3.32. The molecule has 0 N–H and O–H groups in total. The summed E-state index contributed by atoms with van der Waals surface area (Å²) in [5.41, 5.74) is 0.957. The number of esters is 1. The van der Waals surface area contributed by atoms with Crippen LogP contribution in [-0.4, -0.2) is 42.2 Å². The van der Waals surface area contributed by atoms with Crippen molar-refractivity contribution in [1.82, 2.24) is 9.97 Å². The summed E-state index contributed by atoms with van der Waals surface area (Å²) in [6, 6.07) is 11.3. The maximum absolute atomic E-state index is 12.8. The Balaban J connectivity index is 1.56. The largest absolute Gasteiger partial charge is 0.427 e. The molecule has 0 amide bonds. The normalized spacial score (nSPS) is 15.0. The van der Waals surface area contributed by atoms with Crippen molar-refractivity contribution in [1.29, 1.82) is 0 Å². The molecule has 0 spiro atoms. The van der Waals surface area contributed by atoms with Crippen molar-refractivity contribution in [3.05, 3.63) is 47.6 Å². The van der Waals surface area contributed by atoms with E-state index in [2.05, 4.69) is 23.3 Å². The van der Waals surface area contributed by atoms with Crippen LogP contribution in [0.5, 0.6) is 5.75 Å². The van der Waals surface area contributed by atoms with Gasteiger partial charge in [-0.3, -0.25) is 4.79 Å². The monoisotopic (exact) mass is 467 g/mol. The zero-order valence-electron chi connectivity index (χ0n) is 19.4. The summed E-state index contributed by atoms with van der Waals surface area (Å²) in [6.07, 6.45) is 7.07. The number of carbonyl (C=O) groups excluding carboxylic acids is 1. The molecule has 0 saturated carbocycles. The zero-order valence-corrected chi connectivity index (χ0v) is 20.2. The fourth-order valence-corrected chi connectivity index (χ4v) is 5.06. The van der Waals surface area contributed by atoms with Gasteiger partial charge in [-0.15, -0.1) is 11.3 Å². The third kappa shape index (κ3) is 6.51. The Morgan fingerprint density at radius 3 is 2.67 bits per heavy atom. The molecule has 1 aromatic carbocycles. The van der Waals surface area contributed by atoms with Gasteiger partial charge in [-0.2, -0.15) is 0 Å². The second-order valence-electron chi connectivity index (χ2n) is 8.53. The smallest absolute Gasteiger partial charge is 0.311 e. The number of thiophene rings is 1. The van der Waals surface area contributed by atoms with Crippen LogP contribution in [0.15, 0.2) is 41.8 Å². The molecule has 6 nitrogen and oxygen atoms in total. The van der Waals surface area contributed by atoms with Crippen LogP contribution in [-0.2, 0) is 9.53 Å². The predicted octanol–water partition coefficient (Wildman–Crippen LogP) is 5.97. The molecule has 2 aromatic heterocycles. The van der Waals surface area contributed by atoms with E-state index in [1.165, 1.54) is 19.3 Å². The van der Waals surface area contributed by atoms with Gasteiger partial charge < -0.3 is 14.4 Å². The lowest BCUT2D eigenvalue weighted by Crippen LogP contribution is -2.37. The van der Waals surface area contributed by atoms with E-state index in [0.29, 0.717) is 19.0 Å². The van der Waals surface area contributed by atoms with E-state index in [0.717, 1.165) is 54.2 Å². The minimum absolute atomic E-state index is 0.0630. The topological polar surface area (TPSA) is 64.5 Å². The van der Waals surface area contributed by atoms with Crippen LogP contribution in [0.4, 0.5) is 5.82 Å². The Kier molecular flexibility index (Phi) is 8.66. The fourth-order valence-electron chi connectivity index (χ4n) is 4.22. The lowest BCUT2D eigenvalue weighted by Gasteiger charge is -2.29. The molecular formula is C26H33N3O3S. The van der Waals surface area contributed by atoms with Crippen molar-refractivity contribution in [2.45, 2.75) is 57.8 Å². The zero-order chi connectivity index (χ0) is 22.9. The fraction of sp³-hybridized carbons (Fsp3) is 0.500. The predicted molar refractivity (Wildman–Crippen MR) is 133 cm³/mol. The summed E-state index contributed by atoms with van der Waals surface area (Å²) in [6.45, 7) is 5.27. The van der Waals surface area contributed by atoms with Gasteiger partial charge in [0.25, 0.3) is 0 Å². The summed E-state index contributed by atoms with van der Waals surface area (Å²) < 4.78 is 12.3. The van der Waals surface area contributed by atoms with E-state index in [1.54, 1.807) is 11.3 Å². The number of anilines is 1. The summed E-state index contributed by atoms with van der Waals surface area (Å²) in [4.78, 5) is 25.0. The van der Waals surface area contributed by atoms with Crippen LogP contribution in [0.25, 0.3) is 10.2 Å². The lowest BCUT2D eigenvalue weighted by molar-refractivity contribution is -0.134. The SMILES string of the molecule is CCCCCCCC(CC(=O)Oc1ccccc1)c1nc(N2CCOCC2)c2sccc2n1. The molecule has 1 atom stereocenters. The number of aromatic nitrogens is 2. The van der Waals surface area contributed by atoms with Crippen LogP contribution in [0.1, 0.15) is 63.6 Å². The van der Waals surface area contributed by atoms with E-state index >= 15 is 0 Å². The third-order valence-electron chi connectivity index (χ3n) is 6.02. The molecule has 0 bridgehead atoms. The molecule has 1 fully saturated rings. The van der Waals surface area contributed by atoms with E-state index < -0.39 is 0 Å². The lowest BCUT2D eigenvalue weighted by atomic mass is 9.96. The first kappa shape index (κ1) is 23.6. The number of fused-ring (bicyclic) bond motifs is 1. The highest BCUT2D eigenvalue weighted by Crippen LogP contribution is 2.33. The molecule has 4 rings (SSSR count). The summed E-state index contributed by atoms with van der Waals surface area (Å²) in [5, 5.41) is 2.07. The van der Waals surface area contributed by atoms with E-state index in [-0.39, 0.29) is 18.3 Å². The van der Waals surface area contributed by atoms with E-state index in [9.17, 15) is 4.79 Å². The number of morpholine rings is 1. The highest BCUT2D eigenvalue weighted by molar-refractivity contribution is 7.17. The molecule has 33 heavy (non-hydrogen) atoms. The summed E-state index contributed by atoms with van der Waals surface area (Å²) in [5.74, 6) is 2.00. The van der Waals surface area contributed by atoms with Gasteiger partial charge in [-0.05, 0) is 30.0 Å². The van der Waals surface area contributed by atoms with Crippen LogP contribution in [0.2, 0.25) is 0 Å². The van der Waals surface area contributed by atoms with Crippen LogP contribution in [0.3, 0.4) is 0 Å². The number of hydrogen-bond acceptors (Lipinski definition) is 7. The molecular weight excluding hydrogens is 434 g/mol. The van der Waals surface area contributed by atoms with Gasteiger partial charge in [0.2, 0.25) is 0 Å². The third-order valence-corrected chi connectivity index (χ3v) is 6.92. The van der Waals surface area contributed by atoms with Gasteiger partial charge in [0, 0.05) is 19.0 Å². The number of unbranched alkanes of at least 4 members (excludes halogenated alkanes) is 4. The summed E-state index contributed by atoms with van der Waals surface area (Å²) >= 11 is 1.67. The van der Waals surface area contributed by atoms with Gasteiger partial charge in [0.05, 0.1) is 29.9 Å². The van der Waals surface area contributed by atoms with Gasteiger partial charge in [-0.25, -0.2) is 9.97 Å². The Morgan fingerprint density at radius 1 is 1.09 bits per heavy atom. The minimum Gasteiger partial charge on any atom is -0.427 e. The van der Waals surface area contributed by atoms with Crippen molar-refractivity contribution < 1.29 is 14.3 Å². The van der Waals surface area contributed by atoms with Crippen molar-refractivity contribution >= 4 is 33.3 Å². The standard InChI is InChI=1S/C26H33N3O3S/c1-2-3-4-5-7-10-20(19-23(30)32-21-11-8-6-9-12-21)25-27-22-13-18-33-24(22)26(28-25)29-14-16-31-17-15-29/h6,8-9,11-13,18,20H,2-5,7,10,14-17,19H2,1H3. The number of nitrogens with zero attached hydrogens (tertiary/aromatic N) is 3. The molecule has 0 aliphatic carbocycles. The Morgan fingerprint density at radius 2 is 1.88 bits per heavy atom. The van der Waals surface area contributed by atoms with Gasteiger partial charge in [-0.1, -0.05) is 57.2 Å². The minimum atomic E-state index is -0.235. The first-order valence-corrected chi connectivity index (χ1v) is 13.0. The molecule has 1 aliphatic heterocycles. The summed E-state index contributed by atoms with van der Waals surface area (Å²) in [7, 11) is 0. The van der Waals surface area contributed by atoms with Crippen molar-refractivity contribution in [2.75, 3.05) is 31.2 Å². The van der Waals surface area contributed by atoms with Gasteiger partial charge in [0.15, 0.2) is 5.82 Å². The first-order valence-electron chi connectivity index (χ1n) is 12.1. The van der Waals surface area contributed by atoms with E-state index in [1.807, 2.05) is 30.3 Å². The van der Waals surface area contributed by atoms with E-state index in [4.69, 9.17) is 19.4 Å². The molecule has 3 heterocycles. The average molecular weight is 468 g/mol. The Hall–Kier alpha value is -2.51. The quantitative estimate of drug-likeness (QED) is 0.197. The number of benzene rings is 1. The molecule has 7 heteroatoms. The number of carbonyl (C=O) groups is 1. The number of rotatable bonds is 11. The van der Waals surface area contributed by atoms with Crippen molar-refractivity contribution in [3.8, 4) is 5.75 Å². The van der Waals surface area contributed by atoms with Gasteiger partial charge >= 0.3 is 5.97 Å². The van der Waals surface area contributed by atoms with Crippen molar-refractivity contribution in [2.24, 2.45) is 0 Å². The van der Waals surface area contributed by atoms with Crippen LogP contribution < -0.4 is 9.64 Å². The second kappa shape index (κ2) is 12.1. The van der Waals surface area contributed by atoms with Gasteiger partial charge in [0.1, 0.15) is 11.6 Å². The van der Waals surface area contributed by atoms with Crippen LogP contribution >= 0.6 is 11.3 Å². The molecule has 176 valence electrons. The number of ether oxygens (including phenoxy) is 2. The Labute approximate surface area is 200 Å². The molecule has 1 aliphatic rings. The van der Waals surface area contributed by atoms with Crippen LogP contribution in [0, 0.1) is 0 Å². The molecule has 1 saturated heterocycles. The number of hydrogen-bond donors (Lipinski definition) is 0. The molecule has 3 aromatic rings. The maximum Gasteiger partial charge on any atom is 0.311 e. The highest BCUT2D eigenvalue weighted by atomic mass is 32.1. The molecule has 1 unspecified atom stereocenters. The number of para-hydroxylation sites is 1. The highest BCUT2D eigenvalue weighted by Gasteiger charge is 2.24.